The topological polar surface area (TPSA) is 125 Å². The van der Waals surface area contributed by atoms with E-state index >= 15 is 0 Å². The Balaban J connectivity index is 1.38. The van der Waals surface area contributed by atoms with E-state index in [1.807, 2.05) is 6.92 Å². The Labute approximate surface area is 234 Å². The van der Waals surface area contributed by atoms with Crippen LogP contribution in [-0.2, 0) is 29.1 Å². The first-order valence-electron chi connectivity index (χ1n) is 13.1. The fraction of sp³-hybridized carbons (Fsp3) is 0.161. The summed E-state index contributed by atoms with van der Waals surface area (Å²) in [7, 11) is 0. The van der Waals surface area contributed by atoms with Gasteiger partial charge in [0.05, 0.1) is 42.4 Å². The summed E-state index contributed by atoms with van der Waals surface area (Å²) in [5.41, 5.74) is 0.774. The normalized spacial score (nSPS) is 10.9. The van der Waals surface area contributed by atoms with Gasteiger partial charge in [0.25, 0.3) is 5.56 Å². The Morgan fingerprint density at radius 2 is 1.63 bits per heavy atom. The van der Waals surface area contributed by atoms with Crippen molar-refractivity contribution in [2.45, 2.75) is 26.4 Å². The number of fused-ring (bicyclic) bond motifs is 1. The number of benzene rings is 3. The van der Waals surface area contributed by atoms with Crippen molar-refractivity contribution >= 4 is 28.4 Å². The molecule has 0 atom stereocenters. The lowest BCUT2D eigenvalue weighted by Gasteiger charge is -2.15. The van der Waals surface area contributed by atoms with Crippen molar-refractivity contribution in [3.8, 4) is 11.4 Å². The largest absolute Gasteiger partial charge is 0.494 e. The molecule has 0 aliphatic rings. The van der Waals surface area contributed by atoms with Crippen LogP contribution < -0.4 is 26.6 Å². The lowest BCUT2D eigenvalue weighted by atomic mass is 10.1. The maximum atomic E-state index is 13.6. The van der Waals surface area contributed by atoms with Crippen LogP contribution in [0.4, 0.5) is 5.69 Å². The smallest absolute Gasteiger partial charge is 0.336 e. The van der Waals surface area contributed by atoms with Crippen molar-refractivity contribution in [2.24, 2.45) is 0 Å². The molecule has 10 heteroatoms. The van der Waals surface area contributed by atoms with Gasteiger partial charge in [0, 0.05) is 5.69 Å². The molecule has 0 saturated heterocycles. The minimum Gasteiger partial charge on any atom is -0.494 e. The molecule has 10 nitrogen and oxygen atoms in total. The van der Waals surface area contributed by atoms with Crippen LogP contribution >= 0.6 is 0 Å². The molecule has 0 spiro atoms. The van der Waals surface area contributed by atoms with Crippen molar-refractivity contribution < 1.29 is 18.7 Å². The fourth-order valence-electron chi connectivity index (χ4n) is 4.46. The van der Waals surface area contributed by atoms with Crippen LogP contribution in [0.15, 0.2) is 105 Å². The first kappa shape index (κ1) is 27.2. The van der Waals surface area contributed by atoms with Crippen molar-refractivity contribution in [2.75, 3.05) is 11.9 Å². The lowest BCUT2D eigenvalue weighted by molar-refractivity contribution is -0.120. The van der Waals surface area contributed by atoms with E-state index in [2.05, 4.69) is 10.6 Å². The fourth-order valence-corrected chi connectivity index (χ4v) is 4.46. The van der Waals surface area contributed by atoms with Gasteiger partial charge in [-0.15, -0.1) is 0 Å². The van der Waals surface area contributed by atoms with Gasteiger partial charge in [0.2, 0.25) is 11.8 Å². The number of nitrogens with zero attached hydrogens (tertiary/aromatic N) is 2. The zero-order chi connectivity index (χ0) is 28.8. The first-order chi connectivity index (χ1) is 19.9. The molecule has 0 radical (unpaired) electrons. The minimum atomic E-state index is -0.653. The van der Waals surface area contributed by atoms with Gasteiger partial charge in [-0.25, -0.2) is 9.36 Å². The molecule has 3 aromatic carbocycles. The summed E-state index contributed by atoms with van der Waals surface area (Å²) in [4.78, 5) is 52.3. The third-order valence-electron chi connectivity index (χ3n) is 6.40. The number of rotatable bonds is 10. The molecule has 0 saturated carbocycles. The summed E-state index contributed by atoms with van der Waals surface area (Å²) in [6, 6.07) is 23.7. The van der Waals surface area contributed by atoms with E-state index in [0.717, 1.165) is 4.57 Å². The van der Waals surface area contributed by atoms with Gasteiger partial charge < -0.3 is 19.8 Å². The second-order valence-corrected chi connectivity index (χ2v) is 9.23. The quantitative estimate of drug-likeness (QED) is 0.273. The summed E-state index contributed by atoms with van der Waals surface area (Å²) in [5.74, 6) is 0.703. The molecule has 2 amide bonds. The van der Waals surface area contributed by atoms with Gasteiger partial charge >= 0.3 is 5.69 Å². The van der Waals surface area contributed by atoms with Gasteiger partial charge in [0.15, 0.2) is 0 Å². The molecule has 0 bridgehead atoms. The Morgan fingerprint density at radius 3 is 2.34 bits per heavy atom. The van der Waals surface area contributed by atoms with Crippen LogP contribution in [0.25, 0.3) is 16.6 Å². The van der Waals surface area contributed by atoms with Crippen molar-refractivity contribution in [3.63, 3.8) is 0 Å². The Kier molecular flexibility index (Phi) is 8.10. The highest BCUT2D eigenvalue weighted by Gasteiger charge is 2.17. The summed E-state index contributed by atoms with van der Waals surface area (Å²) < 4.78 is 13.0. The predicted molar refractivity (Wildman–Crippen MR) is 154 cm³/mol. The molecule has 5 rings (SSSR count). The van der Waals surface area contributed by atoms with Crippen LogP contribution in [0, 0.1) is 0 Å². The molecule has 5 aromatic rings. The standard InChI is InChI=1S/C31H28N4O6/c1-2-40-24-15-11-22(12-16-24)33-29(37)20-34-27-8-4-3-7-26(27)30(38)35(31(34)39)23-13-9-21(10-14-23)18-28(36)32-19-25-6-5-17-41-25/h3-17H,2,18-20H2,1H3,(H,32,36)(H,33,37). The SMILES string of the molecule is CCOc1ccc(NC(=O)Cn2c(=O)n(-c3ccc(CC(=O)NCc4ccco4)cc3)c(=O)c3ccccc32)cc1. The van der Waals surface area contributed by atoms with Crippen molar-refractivity contribution in [1.82, 2.24) is 14.5 Å². The van der Waals surface area contributed by atoms with Crippen molar-refractivity contribution in [3.05, 3.63) is 123 Å². The number of carbonyl (C=O) groups is 2. The number of para-hydroxylation sites is 1. The molecule has 41 heavy (non-hydrogen) atoms. The molecule has 2 N–H and O–H groups in total. The van der Waals surface area contributed by atoms with E-state index in [1.165, 1.54) is 10.8 Å². The van der Waals surface area contributed by atoms with Gasteiger partial charge in [0.1, 0.15) is 18.1 Å². The van der Waals surface area contributed by atoms with Crippen LogP contribution in [-0.4, -0.2) is 27.6 Å². The minimum absolute atomic E-state index is 0.115. The van der Waals surface area contributed by atoms with Crippen molar-refractivity contribution in [1.29, 1.82) is 0 Å². The van der Waals surface area contributed by atoms with Gasteiger partial charge in [-0.05, 0) is 73.2 Å². The van der Waals surface area contributed by atoms with E-state index in [1.54, 1.807) is 84.9 Å². The number of hydrogen-bond donors (Lipinski definition) is 2. The maximum Gasteiger partial charge on any atom is 0.336 e. The molecular formula is C31H28N4O6. The number of carbonyl (C=O) groups excluding carboxylic acids is 2. The summed E-state index contributed by atoms with van der Waals surface area (Å²) in [6.45, 7) is 2.39. The third kappa shape index (κ3) is 6.27. The monoisotopic (exact) mass is 552 g/mol. The van der Waals surface area contributed by atoms with E-state index in [9.17, 15) is 19.2 Å². The Bertz CT molecular complexity index is 1790. The molecule has 0 aliphatic heterocycles. The Morgan fingerprint density at radius 1 is 0.878 bits per heavy atom. The summed E-state index contributed by atoms with van der Waals surface area (Å²) in [6.07, 6.45) is 1.65. The van der Waals surface area contributed by atoms with E-state index in [4.69, 9.17) is 9.15 Å². The number of ether oxygens (including phenoxy) is 1. The molecule has 0 unspecified atom stereocenters. The molecule has 2 aromatic heterocycles. The molecule has 0 aliphatic carbocycles. The highest BCUT2D eigenvalue weighted by atomic mass is 16.5. The summed E-state index contributed by atoms with van der Waals surface area (Å²) >= 11 is 0. The molecule has 0 fully saturated rings. The highest BCUT2D eigenvalue weighted by Crippen LogP contribution is 2.16. The number of anilines is 1. The predicted octanol–water partition coefficient (Wildman–Crippen LogP) is 3.64. The first-order valence-corrected chi connectivity index (χ1v) is 13.1. The third-order valence-corrected chi connectivity index (χ3v) is 6.40. The Hall–Kier alpha value is -5.38. The van der Waals surface area contributed by atoms with Gasteiger partial charge in [-0.1, -0.05) is 24.3 Å². The average molecular weight is 553 g/mol. The van der Waals surface area contributed by atoms with Crippen LogP contribution in [0.2, 0.25) is 0 Å². The second kappa shape index (κ2) is 12.2. The van der Waals surface area contributed by atoms with E-state index in [-0.39, 0.29) is 25.4 Å². The van der Waals surface area contributed by atoms with Crippen LogP contribution in [0.5, 0.6) is 5.75 Å². The van der Waals surface area contributed by atoms with Crippen LogP contribution in [0.3, 0.4) is 0 Å². The number of nitrogens with one attached hydrogen (secondary N) is 2. The maximum absolute atomic E-state index is 13.6. The zero-order valence-corrected chi connectivity index (χ0v) is 22.3. The van der Waals surface area contributed by atoms with E-state index in [0.29, 0.717) is 46.0 Å². The average Bonchev–Trinajstić information content (AvgIpc) is 3.50. The molecular weight excluding hydrogens is 524 g/mol. The molecule has 208 valence electrons. The number of aromatic nitrogens is 2. The number of amides is 2. The van der Waals surface area contributed by atoms with Gasteiger partial charge in [-0.3, -0.25) is 19.0 Å². The zero-order valence-electron chi connectivity index (χ0n) is 22.3. The lowest BCUT2D eigenvalue weighted by Crippen LogP contribution is -2.40. The highest BCUT2D eigenvalue weighted by molar-refractivity contribution is 5.91. The molecule has 2 heterocycles. The van der Waals surface area contributed by atoms with Gasteiger partial charge in [-0.2, -0.15) is 0 Å². The summed E-state index contributed by atoms with van der Waals surface area (Å²) in [5, 5.41) is 5.86. The second-order valence-electron chi connectivity index (χ2n) is 9.23. The van der Waals surface area contributed by atoms with Crippen LogP contribution in [0.1, 0.15) is 18.2 Å². The number of hydrogen-bond acceptors (Lipinski definition) is 6. The van der Waals surface area contributed by atoms with E-state index < -0.39 is 17.2 Å². The number of furan rings is 1.